The molecule has 3 aromatic rings. The average Bonchev–Trinajstić information content (AvgIpc) is 2.78. The van der Waals surface area contributed by atoms with Crippen LogP contribution >= 0.6 is 11.6 Å². The molecule has 1 aromatic carbocycles. The smallest absolute Gasteiger partial charge is 0.319 e. The molecule has 0 unspecified atom stereocenters. The Morgan fingerprint density at radius 2 is 1.84 bits per heavy atom. The second kappa shape index (κ2) is 10.3. The zero-order chi connectivity index (χ0) is 22.2. The van der Waals surface area contributed by atoms with Crippen LogP contribution in [0.1, 0.15) is 16.1 Å². The molecule has 31 heavy (non-hydrogen) atoms. The van der Waals surface area contributed by atoms with Crippen molar-refractivity contribution in [3.8, 4) is 17.4 Å². The maximum atomic E-state index is 12.2. The van der Waals surface area contributed by atoms with Crippen molar-refractivity contribution < 1.29 is 19.1 Å². The Labute approximate surface area is 183 Å². The van der Waals surface area contributed by atoms with E-state index in [1.165, 1.54) is 26.6 Å². The molecular weight excluding hydrogens is 422 g/mol. The summed E-state index contributed by atoms with van der Waals surface area (Å²) in [5, 5.41) is 8.29. The molecule has 0 aliphatic carbocycles. The zero-order valence-electron chi connectivity index (χ0n) is 16.8. The maximum Gasteiger partial charge on any atom is 0.319 e. The SMILES string of the molecule is CNC(=O)c1cc(Oc2ccc(CNC(=O)Nc3cc(Cl)cnc3OC)cc2)ccn1. The van der Waals surface area contributed by atoms with E-state index in [2.05, 4.69) is 25.9 Å². The Bertz CT molecular complexity index is 1080. The Morgan fingerprint density at radius 1 is 1.06 bits per heavy atom. The van der Waals surface area contributed by atoms with E-state index in [-0.39, 0.29) is 17.5 Å². The normalized spacial score (nSPS) is 10.2. The first kappa shape index (κ1) is 21.8. The molecule has 160 valence electrons. The van der Waals surface area contributed by atoms with Crippen molar-refractivity contribution in [2.45, 2.75) is 6.54 Å². The lowest BCUT2D eigenvalue weighted by atomic mass is 10.2. The molecule has 0 saturated carbocycles. The third-order valence-corrected chi connectivity index (χ3v) is 4.27. The summed E-state index contributed by atoms with van der Waals surface area (Å²) in [7, 11) is 2.99. The average molecular weight is 442 g/mol. The second-order valence-electron chi connectivity index (χ2n) is 6.22. The van der Waals surface area contributed by atoms with Crippen LogP contribution in [0.2, 0.25) is 5.02 Å². The summed E-state index contributed by atoms with van der Waals surface area (Å²) in [5.41, 5.74) is 1.49. The van der Waals surface area contributed by atoms with Crippen LogP contribution in [0.4, 0.5) is 10.5 Å². The molecule has 2 heterocycles. The number of urea groups is 1. The maximum absolute atomic E-state index is 12.2. The number of ether oxygens (including phenoxy) is 2. The van der Waals surface area contributed by atoms with Crippen molar-refractivity contribution in [3.63, 3.8) is 0 Å². The number of halogens is 1. The predicted octanol–water partition coefficient (Wildman–Crippen LogP) is 3.61. The molecule has 0 atom stereocenters. The number of rotatable bonds is 7. The van der Waals surface area contributed by atoms with E-state index in [1.54, 1.807) is 30.3 Å². The first-order valence-electron chi connectivity index (χ1n) is 9.18. The van der Waals surface area contributed by atoms with Crippen LogP contribution in [-0.4, -0.2) is 36.1 Å². The Balaban J connectivity index is 1.56. The van der Waals surface area contributed by atoms with Gasteiger partial charge in [0.2, 0.25) is 5.88 Å². The molecule has 10 heteroatoms. The molecular formula is C21H20ClN5O4. The third-order valence-electron chi connectivity index (χ3n) is 4.06. The number of methoxy groups -OCH3 is 1. The van der Waals surface area contributed by atoms with Gasteiger partial charge in [-0.05, 0) is 29.8 Å². The number of aromatic nitrogens is 2. The monoisotopic (exact) mass is 441 g/mol. The molecule has 0 radical (unpaired) electrons. The summed E-state index contributed by atoms with van der Waals surface area (Å²) >= 11 is 5.91. The molecule has 3 N–H and O–H groups in total. The van der Waals surface area contributed by atoms with Crippen LogP contribution in [-0.2, 0) is 6.54 Å². The van der Waals surface area contributed by atoms with Gasteiger partial charge in [0.05, 0.1) is 12.1 Å². The third kappa shape index (κ3) is 6.06. The fourth-order valence-electron chi connectivity index (χ4n) is 2.57. The van der Waals surface area contributed by atoms with Gasteiger partial charge in [0.1, 0.15) is 22.9 Å². The highest BCUT2D eigenvalue weighted by molar-refractivity contribution is 6.30. The second-order valence-corrected chi connectivity index (χ2v) is 6.66. The van der Waals surface area contributed by atoms with Crippen LogP contribution < -0.4 is 25.4 Å². The van der Waals surface area contributed by atoms with E-state index in [1.807, 2.05) is 12.1 Å². The van der Waals surface area contributed by atoms with Crippen molar-refractivity contribution in [1.29, 1.82) is 0 Å². The number of nitrogens with zero attached hydrogens (tertiary/aromatic N) is 2. The summed E-state index contributed by atoms with van der Waals surface area (Å²) in [6.45, 7) is 0.290. The van der Waals surface area contributed by atoms with Crippen LogP contribution in [0, 0.1) is 0 Å². The molecule has 0 spiro atoms. The lowest BCUT2D eigenvalue weighted by Crippen LogP contribution is -2.28. The zero-order valence-corrected chi connectivity index (χ0v) is 17.6. The fourth-order valence-corrected chi connectivity index (χ4v) is 2.72. The van der Waals surface area contributed by atoms with Crippen molar-refractivity contribution in [3.05, 3.63) is 71.1 Å². The quantitative estimate of drug-likeness (QED) is 0.516. The first-order valence-corrected chi connectivity index (χ1v) is 9.55. The highest BCUT2D eigenvalue weighted by atomic mass is 35.5. The minimum absolute atomic E-state index is 0.261. The largest absolute Gasteiger partial charge is 0.480 e. The van der Waals surface area contributed by atoms with Gasteiger partial charge in [-0.1, -0.05) is 23.7 Å². The number of nitrogens with one attached hydrogen (secondary N) is 3. The summed E-state index contributed by atoms with van der Waals surface area (Å²) in [6.07, 6.45) is 2.93. The van der Waals surface area contributed by atoms with Gasteiger partial charge >= 0.3 is 6.03 Å². The highest BCUT2D eigenvalue weighted by Gasteiger charge is 2.10. The molecule has 3 rings (SSSR count). The first-order chi connectivity index (χ1) is 15.0. The van der Waals surface area contributed by atoms with Gasteiger partial charge in [0.25, 0.3) is 5.91 Å². The summed E-state index contributed by atoms with van der Waals surface area (Å²) in [4.78, 5) is 31.8. The van der Waals surface area contributed by atoms with Crippen LogP contribution in [0.3, 0.4) is 0 Å². The molecule has 0 aliphatic rings. The van der Waals surface area contributed by atoms with E-state index < -0.39 is 6.03 Å². The van der Waals surface area contributed by atoms with E-state index in [4.69, 9.17) is 21.1 Å². The topological polar surface area (TPSA) is 114 Å². The summed E-state index contributed by atoms with van der Waals surface area (Å²) < 4.78 is 10.9. The lowest BCUT2D eigenvalue weighted by Gasteiger charge is -2.11. The van der Waals surface area contributed by atoms with Crippen LogP contribution in [0.25, 0.3) is 0 Å². The van der Waals surface area contributed by atoms with Crippen molar-refractivity contribution in [2.75, 3.05) is 19.5 Å². The minimum atomic E-state index is -0.429. The van der Waals surface area contributed by atoms with Gasteiger partial charge < -0.3 is 25.4 Å². The number of hydrogen-bond donors (Lipinski definition) is 3. The van der Waals surface area contributed by atoms with E-state index >= 15 is 0 Å². The molecule has 0 fully saturated rings. The van der Waals surface area contributed by atoms with E-state index in [0.29, 0.717) is 28.8 Å². The number of hydrogen-bond acceptors (Lipinski definition) is 6. The lowest BCUT2D eigenvalue weighted by molar-refractivity contribution is 0.0958. The Kier molecular flexibility index (Phi) is 7.23. The number of carbonyl (C=O) groups is 2. The minimum Gasteiger partial charge on any atom is -0.480 e. The van der Waals surface area contributed by atoms with Gasteiger partial charge in [-0.15, -0.1) is 0 Å². The predicted molar refractivity (Wildman–Crippen MR) is 116 cm³/mol. The van der Waals surface area contributed by atoms with Gasteiger partial charge in [0.15, 0.2) is 0 Å². The number of benzene rings is 1. The molecule has 3 amide bonds. The molecule has 0 bridgehead atoms. The summed E-state index contributed by atoms with van der Waals surface area (Å²) in [5.74, 6) is 1.04. The standard InChI is InChI=1S/C21H20ClN5O4/c1-23-19(28)17-10-16(7-8-24-17)31-15-5-3-13(4-6-15)11-26-21(29)27-18-9-14(22)12-25-20(18)30-2/h3-10,12H,11H2,1-2H3,(H,23,28)(H2,26,27,29). The number of pyridine rings is 2. The van der Waals surface area contributed by atoms with Crippen LogP contribution in [0.15, 0.2) is 54.9 Å². The number of anilines is 1. The Morgan fingerprint density at radius 3 is 2.55 bits per heavy atom. The van der Waals surface area contributed by atoms with Crippen molar-refractivity contribution >= 4 is 29.2 Å². The van der Waals surface area contributed by atoms with E-state index in [9.17, 15) is 9.59 Å². The van der Waals surface area contributed by atoms with Gasteiger partial charge in [-0.2, -0.15) is 0 Å². The van der Waals surface area contributed by atoms with Crippen molar-refractivity contribution in [2.24, 2.45) is 0 Å². The fraction of sp³-hybridized carbons (Fsp3) is 0.143. The highest BCUT2D eigenvalue weighted by Crippen LogP contribution is 2.25. The molecule has 2 aromatic heterocycles. The molecule has 9 nitrogen and oxygen atoms in total. The van der Waals surface area contributed by atoms with Crippen LogP contribution in [0.5, 0.6) is 17.4 Å². The summed E-state index contributed by atoms with van der Waals surface area (Å²) in [6, 6.07) is 11.5. The van der Waals surface area contributed by atoms with E-state index in [0.717, 1.165) is 5.56 Å². The van der Waals surface area contributed by atoms with Gasteiger partial charge in [-0.25, -0.2) is 9.78 Å². The van der Waals surface area contributed by atoms with Gasteiger partial charge in [0, 0.05) is 32.1 Å². The van der Waals surface area contributed by atoms with Gasteiger partial charge in [-0.3, -0.25) is 9.78 Å². The molecule has 0 aliphatic heterocycles. The van der Waals surface area contributed by atoms with Crippen molar-refractivity contribution in [1.82, 2.24) is 20.6 Å². The number of amides is 3. The number of carbonyl (C=O) groups excluding carboxylic acids is 2. The molecule has 0 saturated heterocycles. The Hall–Kier alpha value is -3.85.